The number of rotatable bonds is 5. The molecule has 24 heavy (non-hydrogen) atoms. The zero-order chi connectivity index (χ0) is 17.1. The summed E-state index contributed by atoms with van der Waals surface area (Å²) < 4.78 is 6.55. The topological polar surface area (TPSA) is 99.0 Å². The molecule has 0 bridgehead atoms. The number of halogens is 1. The van der Waals surface area contributed by atoms with E-state index in [0.29, 0.717) is 27.5 Å². The molecule has 0 unspecified atom stereocenters. The van der Waals surface area contributed by atoms with Gasteiger partial charge in [-0.2, -0.15) is 0 Å². The summed E-state index contributed by atoms with van der Waals surface area (Å²) in [7, 11) is 0. The molecule has 3 aromatic rings. The second-order valence-corrected chi connectivity index (χ2v) is 6.65. The largest absolute Gasteiger partial charge is 0.461 e. The van der Waals surface area contributed by atoms with Gasteiger partial charge in [0, 0.05) is 10.7 Å². The number of hydrogen-bond acceptors (Lipinski definition) is 6. The predicted molar refractivity (Wildman–Crippen MR) is 93.3 cm³/mol. The number of hydrogen-bond donors (Lipinski definition) is 2. The van der Waals surface area contributed by atoms with Crippen LogP contribution in [-0.4, -0.2) is 26.0 Å². The lowest BCUT2D eigenvalue weighted by Crippen LogP contribution is -2.23. The molecule has 0 aliphatic heterocycles. The van der Waals surface area contributed by atoms with Gasteiger partial charge in [0.25, 0.3) is 0 Å². The lowest BCUT2D eigenvalue weighted by molar-refractivity contribution is -0.115. The fourth-order valence-electron chi connectivity index (χ4n) is 1.92. The van der Waals surface area contributed by atoms with E-state index in [4.69, 9.17) is 21.9 Å². The van der Waals surface area contributed by atoms with Crippen molar-refractivity contribution in [3.05, 3.63) is 47.7 Å². The van der Waals surface area contributed by atoms with Crippen LogP contribution in [0.2, 0.25) is 5.02 Å². The number of anilines is 1. The second kappa shape index (κ2) is 6.98. The number of nitrogens with one attached hydrogen (secondary N) is 1. The predicted octanol–water partition coefficient (Wildman–Crippen LogP) is 3.02. The smallest absolute Gasteiger partial charge is 0.237 e. The van der Waals surface area contributed by atoms with Gasteiger partial charge in [0.1, 0.15) is 0 Å². The third-order valence-electron chi connectivity index (χ3n) is 3.17. The van der Waals surface area contributed by atoms with Gasteiger partial charge in [-0.25, -0.2) is 4.68 Å². The first-order valence-corrected chi connectivity index (χ1v) is 8.28. The standard InChI is InChI=1S/C15H14ClN5O2S/c1-9(14(22)18-11-6-4-10(16)5-7-11)24-15-20-19-13(21(15)17)12-3-2-8-23-12/h2-9H,17H2,1H3,(H,18,22)/t9-/m1/s1. The van der Waals surface area contributed by atoms with Crippen LogP contribution in [0, 0.1) is 0 Å². The Bertz CT molecular complexity index is 832. The number of nitrogens with two attached hydrogens (primary N) is 1. The molecule has 9 heteroatoms. The fourth-order valence-corrected chi connectivity index (χ4v) is 2.82. The normalized spacial score (nSPS) is 12.1. The number of nitrogens with zero attached hydrogens (tertiary/aromatic N) is 3. The molecule has 0 aliphatic carbocycles. The van der Waals surface area contributed by atoms with Crippen LogP contribution in [0.5, 0.6) is 0 Å². The molecule has 2 heterocycles. The zero-order valence-corrected chi connectivity index (χ0v) is 14.2. The van der Waals surface area contributed by atoms with E-state index in [-0.39, 0.29) is 5.91 Å². The number of nitrogen functional groups attached to an aromatic ring is 1. The molecular formula is C15H14ClN5O2S. The van der Waals surface area contributed by atoms with Gasteiger partial charge in [0.2, 0.25) is 16.9 Å². The van der Waals surface area contributed by atoms with Crippen molar-refractivity contribution < 1.29 is 9.21 Å². The highest BCUT2D eigenvalue weighted by Crippen LogP contribution is 2.25. The van der Waals surface area contributed by atoms with Crippen LogP contribution >= 0.6 is 23.4 Å². The van der Waals surface area contributed by atoms with Gasteiger partial charge >= 0.3 is 0 Å². The third kappa shape index (κ3) is 3.55. The molecule has 0 aliphatic rings. The second-order valence-electron chi connectivity index (χ2n) is 4.91. The van der Waals surface area contributed by atoms with E-state index in [1.54, 1.807) is 43.3 Å². The van der Waals surface area contributed by atoms with Gasteiger partial charge in [-0.1, -0.05) is 23.4 Å². The number of aromatic nitrogens is 3. The minimum Gasteiger partial charge on any atom is -0.461 e. The zero-order valence-electron chi connectivity index (χ0n) is 12.6. The van der Waals surface area contributed by atoms with Crippen molar-refractivity contribution in [1.82, 2.24) is 14.9 Å². The Labute approximate surface area is 147 Å². The number of carbonyl (C=O) groups excluding carboxylic acids is 1. The molecule has 3 rings (SSSR count). The van der Waals surface area contributed by atoms with Crippen molar-refractivity contribution in [3.8, 4) is 11.6 Å². The number of carbonyl (C=O) groups is 1. The van der Waals surface area contributed by atoms with Crippen LogP contribution in [0.15, 0.2) is 52.2 Å². The Morgan fingerprint density at radius 1 is 1.33 bits per heavy atom. The summed E-state index contributed by atoms with van der Waals surface area (Å²) in [5, 5.41) is 11.4. The first-order chi connectivity index (χ1) is 11.5. The van der Waals surface area contributed by atoms with Crippen LogP contribution in [0.4, 0.5) is 5.69 Å². The molecule has 0 radical (unpaired) electrons. The minimum atomic E-state index is -0.420. The molecule has 0 fully saturated rings. The van der Waals surface area contributed by atoms with Crippen molar-refractivity contribution >= 4 is 35.0 Å². The van der Waals surface area contributed by atoms with E-state index in [1.165, 1.54) is 22.7 Å². The highest BCUT2D eigenvalue weighted by Gasteiger charge is 2.20. The van der Waals surface area contributed by atoms with Gasteiger partial charge in [-0.15, -0.1) is 10.2 Å². The number of amides is 1. The molecule has 1 aromatic carbocycles. The van der Waals surface area contributed by atoms with Gasteiger partial charge in [0.15, 0.2) is 5.76 Å². The van der Waals surface area contributed by atoms with Crippen LogP contribution in [0.1, 0.15) is 6.92 Å². The van der Waals surface area contributed by atoms with Crippen molar-refractivity contribution in [2.45, 2.75) is 17.3 Å². The van der Waals surface area contributed by atoms with Crippen LogP contribution in [0.25, 0.3) is 11.6 Å². The highest BCUT2D eigenvalue weighted by atomic mass is 35.5. The minimum absolute atomic E-state index is 0.176. The maximum atomic E-state index is 12.3. The SMILES string of the molecule is C[C@@H](Sc1nnc(-c2ccco2)n1N)C(=O)Nc1ccc(Cl)cc1. The van der Waals surface area contributed by atoms with Gasteiger partial charge < -0.3 is 15.6 Å². The van der Waals surface area contributed by atoms with E-state index in [1.807, 2.05) is 0 Å². The summed E-state index contributed by atoms with van der Waals surface area (Å²) >= 11 is 7.03. The van der Waals surface area contributed by atoms with Gasteiger partial charge in [0.05, 0.1) is 11.5 Å². The first-order valence-electron chi connectivity index (χ1n) is 7.02. The van der Waals surface area contributed by atoms with Gasteiger partial charge in [-0.3, -0.25) is 4.79 Å². The molecule has 2 aromatic heterocycles. The van der Waals surface area contributed by atoms with E-state index in [2.05, 4.69) is 15.5 Å². The van der Waals surface area contributed by atoms with Crippen molar-refractivity contribution in [3.63, 3.8) is 0 Å². The summed E-state index contributed by atoms with van der Waals surface area (Å²) in [6, 6.07) is 10.4. The Morgan fingerprint density at radius 3 is 2.75 bits per heavy atom. The number of benzene rings is 1. The summed E-state index contributed by atoms with van der Waals surface area (Å²) in [5.41, 5.74) is 0.669. The molecule has 3 N–H and O–H groups in total. The van der Waals surface area contributed by atoms with Crippen LogP contribution in [0.3, 0.4) is 0 Å². The third-order valence-corrected chi connectivity index (χ3v) is 4.48. The average Bonchev–Trinajstić information content (AvgIpc) is 3.20. The van der Waals surface area contributed by atoms with E-state index in [0.717, 1.165) is 0 Å². The Morgan fingerprint density at radius 2 is 2.08 bits per heavy atom. The van der Waals surface area contributed by atoms with Crippen molar-refractivity contribution in [1.29, 1.82) is 0 Å². The van der Waals surface area contributed by atoms with E-state index < -0.39 is 5.25 Å². The Kier molecular flexibility index (Phi) is 4.77. The van der Waals surface area contributed by atoms with Crippen molar-refractivity contribution in [2.24, 2.45) is 0 Å². The van der Waals surface area contributed by atoms with Gasteiger partial charge in [-0.05, 0) is 43.3 Å². The number of thioether (sulfide) groups is 1. The van der Waals surface area contributed by atoms with Crippen LogP contribution in [-0.2, 0) is 4.79 Å². The molecule has 124 valence electrons. The maximum Gasteiger partial charge on any atom is 0.237 e. The summed E-state index contributed by atoms with van der Waals surface area (Å²) in [5.74, 6) is 6.71. The number of furan rings is 1. The molecule has 1 amide bonds. The monoisotopic (exact) mass is 363 g/mol. The molecule has 7 nitrogen and oxygen atoms in total. The average molecular weight is 364 g/mol. The van der Waals surface area contributed by atoms with E-state index in [9.17, 15) is 4.79 Å². The summed E-state index contributed by atoms with van der Waals surface area (Å²) in [6.07, 6.45) is 1.53. The molecule has 0 saturated heterocycles. The highest BCUT2D eigenvalue weighted by molar-refractivity contribution is 8.00. The first kappa shape index (κ1) is 16.4. The molecular weight excluding hydrogens is 350 g/mol. The summed E-state index contributed by atoms with van der Waals surface area (Å²) in [6.45, 7) is 1.76. The fraction of sp³-hybridized carbons (Fsp3) is 0.133. The molecule has 0 saturated carbocycles. The lowest BCUT2D eigenvalue weighted by atomic mass is 10.3. The summed E-state index contributed by atoms with van der Waals surface area (Å²) in [4.78, 5) is 12.3. The van der Waals surface area contributed by atoms with E-state index >= 15 is 0 Å². The maximum absolute atomic E-state index is 12.3. The lowest BCUT2D eigenvalue weighted by Gasteiger charge is -2.11. The Balaban J connectivity index is 1.67. The Hall–Kier alpha value is -2.45. The van der Waals surface area contributed by atoms with Crippen LogP contribution < -0.4 is 11.2 Å². The molecule has 0 spiro atoms. The van der Waals surface area contributed by atoms with Crippen molar-refractivity contribution in [2.75, 3.05) is 11.2 Å². The quantitative estimate of drug-likeness (QED) is 0.534. The molecule has 1 atom stereocenters.